The summed E-state index contributed by atoms with van der Waals surface area (Å²) in [6.45, 7) is 4.82. The highest BCUT2D eigenvalue weighted by molar-refractivity contribution is 5.85. The third kappa shape index (κ3) is 1.59. The molecule has 3 heteroatoms. The Balaban J connectivity index is 2.70. The summed E-state index contributed by atoms with van der Waals surface area (Å²) in [4.78, 5) is 0. The number of aliphatic hydroxyl groups is 1. The quantitative estimate of drug-likeness (QED) is 0.733. The van der Waals surface area contributed by atoms with E-state index >= 15 is 0 Å². The van der Waals surface area contributed by atoms with Crippen molar-refractivity contribution in [3.63, 3.8) is 0 Å². The summed E-state index contributed by atoms with van der Waals surface area (Å²) < 4.78 is 2.09. The molecular weight excluding hydrogens is 188 g/mol. The Morgan fingerprint density at radius 3 is 2.67 bits per heavy atom. The molecule has 1 heterocycles. The minimum atomic E-state index is 0.151. The van der Waals surface area contributed by atoms with Crippen molar-refractivity contribution in [1.82, 2.24) is 4.57 Å². The predicted octanol–water partition coefficient (Wildman–Crippen LogP) is 1.83. The standard InChI is InChI=1S/C12H16N2O/c1-8-5-10-6-9(2)14(3-4-15)12(10)7-11(8)13/h5-7,15H,3-4,13H2,1-2H3. The molecule has 3 nitrogen and oxygen atoms in total. The lowest BCUT2D eigenvalue weighted by molar-refractivity contribution is 0.277. The predicted molar refractivity (Wildman–Crippen MR) is 62.9 cm³/mol. The molecule has 0 atom stereocenters. The van der Waals surface area contributed by atoms with Crippen molar-refractivity contribution in [3.8, 4) is 0 Å². The lowest BCUT2D eigenvalue weighted by atomic mass is 10.1. The second-order valence-corrected chi connectivity index (χ2v) is 3.93. The molecule has 1 aromatic heterocycles. The Morgan fingerprint density at radius 1 is 1.27 bits per heavy atom. The molecule has 0 fully saturated rings. The molecule has 0 aliphatic carbocycles. The number of nitrogens with zero attached hydrogens (tertiary/aromatic N) is 1. The first-order valence-corrected chi connectivity index (χ1v) is 5.10. The molecule has 0 saturated carbocycles. The van der Waals surface area contributed by atoms with Crippen molar-refractivity contribution in [1.29, 1.82) is 0 Å². The van der Waals surface area contributed by atoms with E-state index < -0.39 is 0 Å². The highest BCUT2D eigenvalue weighted by Crippen LogP contribution is 2.24. The van der Waals surface area contributed by atoms with Crippen LogP contribution in [-0.2, 0) is 6.54 Å². The third-order valence-electron chi connectivity index (χ3n) is 2.82. The van der Waals surface area contributed by atoms with Gasteiger partial charge in [-0.1, -0.05) is 0 Å². The number of fused-ring (bicyclic) bond motifs is 1. The van der Waals surface area contributed by atoms with Gasteiger partial charge >= 0.3 is 0 Å². The van der Waals surface area contributed by atoms with E-state index in [1.165, 1.54) is 5.39 Å². The number of nitrogens with two attached hydrogens (primary N) is 1. The molecule has 0 bridgehead atoms. The van der Waals surface area contributed by atoms with Crippen LogP contribution in [0, 0.1) is 13.8 Å². The summed E-state index contributed by atoms with van der Waals surface area (Å²) in [5.74, 6) is 0. The first kappa shape index (κ1) is 10.1. The molecular formula is C12H16N2O. The monoisotopic (exact) mass is 204 g/mol. The van der Waals surface area contributed by atoms with Gasteiger partial charge in [-0.2, -0.15) is 0 Å². The molecule has 15 heavy (non-hydrogen) atoms. The smallest absolute Gasteiger partial charge is 0.0610 e. The Hall–Kier alpha value is -1.48. The van der Waals surface area contributed by atoms with E-state index in [4.69, 9.17) is 10.8 Å². The minimum absolute atomic E-state index is 0.151. The van der Waals surface area contributed by atoms with E-state index in [0.29, 0.717) is 6.54 Å². The van der Waals surface area contributed by atoms with Crippen LogP contribution in [0.2, 0.25) is 0 Å². The van der Waals surface area contributed by atoms with E-state index in [0.717, 1.165) is 22.5 Å². The van der Waals surface area contributed by atoms with Gasteiger partial charge in [-0.05, 0) is 37.6 Å². The number of aryl methyl sites for hydroxylation is 2. The van der Waals surface area contributed by atoms with Gasteiger partial charge in [-0.15, -0.1) is 0 Å². The van der Waals surface area contributed by atoms with E-state index in [1.807, 2.05) is 19.9 Å². The van der Waals surface area contributed by atoms with Crippen LogP contribution in [0.1, 0.15) is 11.3 Å². The maximum Gasteiger partial charge on any atom is 0.0610 e. The van der Waals surface area contributed by atoms with Crippen molar-refractivity contribution in [2.75, 3.05) is 12.3 Å². The second kappa shape index (κ2) is 3.59. The van der Waals surface area contributed by atoms with Gasteiger partial charge in [0.25, 0.3) is 0 Å². The molecule has 0 aliphatic heterocycles. The van der Waals surface area contributed by atoms with Crippen LogP contribution >= 0.6 is 0 Å². The van der Waals surface area contributed by atoms with Gasteiger partial charge in [0.05, 0.1) is 12.1 Å². The summed E-state index contributed by atoms with van der Waals surface area (Å²) in [5, 5.41) is 10.2. The Labute approximate surface area is 89.1 Å². The van der Waals surface area contributed by atoms with Crippen molar-refractivity contribution in [3.05, 3.63) is 29.5 Å². The lowest BCUT2D eigenvalue weighted by Gasteiger charge is -2.07. The average Bonchev–Trinajstić information content (AvgIpc) is 2.46. The largest absolute Gasteiger partial charge is 0.398 e. The minimum Gasteiger partial charge on any atom is -0.398 e. The fourth-order valence-electron chi connectivity index (χ4n) is 1.97. The fourth-order valence-corrected chi connectivity index (χ4v) is 1.97. The van der Waals surface area contributed by atoms with Gasteiger partial charge < -0.3 is 15.4 Å². The average molecular weight is 204 g/mol. The first-order chi connectivity index (χ1) is 7.13. The highest BCUT2D eigenvalue weighted by Gasteiger charge is 2.06. The number of hydrogen-bond acceptors (Lipinski definition) is 2. The molecule has 0 spiro atoms. The number of rotatable bonds is 2. The van der Waals surface area contributed by atoms with Gasteiger partial charge in [-0.3, -0.25) is 0 Å². The molecule has 80 valence electrons. The van der Waals surface area contributed by atoms with Gasteiger partial charge in [0.15, 0.2) is 0 Å². The Morgan fingerprint density at radius 2 is 2.00 bits per heavy atom. The normalized spacial score (nSPS) is 11.1. The van der Waals surface area contributed by atoms with Crippen LogP contribution in [0.3, 0.4) is 0 Å². The van der Waals surface area contributed by atoms with Gasteiger partial charge in [0, 0.05) is 23.3 Å². The number of aliphatic hydroxyl groups excluding tert-OH is 1. The summed E-state index contributed by atoms with van der Waals surface area (Å²) in [7, 11) is 0. The zero-order valence-corrected chi connectivity index (χ0v) is 9.12. The summed E-state index contributed by atoms with van der Waals surface area (Å²) >= 11 is 0. The van der Waals surface area contributed by atoms with Gasteiger partial charge in [0.2, 0.25) is 0 Å². The maximum atomic E-state index is 8.99. The Kier molecular flexibility index (Phi) is 2.40. The van der Waals surface area contributed by atoms with Crippen LogP contribution in [0.25, 0.3) is 10.9 Å². The molecule has 1 aromatic carbocycles. The number of benzene rings is 1. The zero-order chi connectivity index (χ0) is 11.0. The van der Waals surface area contributed by atoms with Crippen molar-refractivity contribution in [2.24, 2.45) is 0 Å². The molecule has 0 saturated heterocycles. The number of nitrogen functional groups attached to an aromatic ring is 1. The highest BCUT2D eigenvalue weighted by atomic mass is 16.3. The van der Waals surface area contributed by atoms with Gasteiger partial charge in [-0.25, -0.2) is 0 Å². The fraction of sp³-hybridized carbons (Fsp3) is 0.333. The van der Waals surface area contributed by atoms with Crippen LogP contribution in [-0.4, -0.2) is 16.3 Å². The van der Waals surface area contributed by atoms with E-state index in [-0.39, 0.29) is 6.61 Å². The van der Waals surface area contributed by atoms with E-state index in [9.17, 15) is 0 Å². The SMILES string of the molecule is Cc1cc2cc(C)n(CCO)c2cc1N. The molecule has 3 N–H and O–H groups in total. The van der Waals surface area contributed by atoms with Crippen molar-refractivity contribution in [2.45, 2.75) is 20.4 Å². The van der Waals surface area contributed by atoms with Crippen LogP contribution in [0.4, 0.5) is 5.69 Å². The summed E-state index contributed by atoms with van der Waals surface area (Å²) in [6.07, 6.45) is 0. The molecule has 0 radical (unpaired) electrons. The third-order valence-corrected chi connectivity index (χ3v) is 2.82. The molecule has 0 amide bonds. The molecule has 0 unspecified atom stereocenters. The zero-order valence-electron chi connectivity index (χ0n) is 9.12. The first-order valence-electron chi connectivity index (χ1n) is 5.10. The second-order valence-electron chi connectivity index (χ2n) is 3.93. The van der Waals surface area contributed by atoms with Gasteiger partial charge in [0.1, 0.15) is 0 Å². The van der Waals surface area contributed by atoms with Crippen molar-refractivity contribution < 1.29 is 5.11 Å². The van der Waals surface area contributed by atoms with E-state index in [2.05, 4.69) is 16.7 Å². The molecule has 0 aliphatic rings. The van der Waals surface area contributed by atoms with Crippen LogP contribution < -0.4 is 5.73 Å². The van der Waals surface area contributed by atoms with Crippen LogP contribution in [0.15, 0.2) is 18.2 Å². The van der Waals surface area contributed by atoms with E-state index in [1.54, 1.807) is 0 Å². The Bertz CT molecular complexity index is 500. The van der Waals surface area contributed by atoms with Crippen molar-refractivity contribution >= 4 is 16.6 Å². The summed E-state index contributed by atoms with van der Waals surface area (Å²) in [6, 6.07) is 6.19. The number of aromatic nitrogens is 1. The number of hydrogen-bond donors (Lipinski definition) is 2. The topological polar surface area (TPSA) is 51.2 Å². The molecule has 2 aromatic rings. The maximum absolute atomic E-state index is 8.99. The van der Waals surface area contributed by atoms with Crippen LogP contribution in [0.5, 0.6) is 0 Å². The molecule has 2 rings (SSSR count). The number of anilines is 1. The summed E-state index contributed by atoms with van der Waals surface area (Å²) in [5.41, 5.74) is 10.0. The lowest BCUT2D eigenvalue weighted by Crippen LogP contribution is -2.03.